The van der Waals surface area contributed by atoms with Crippen LogP contribution in [0, 0.1) is 0 Å². The van der Waals surface area contributed by atoms with Gasteiger partial charge in [0, 0.05) is 28.0 Å². The molecule has 1 aliphatic heterocycles. The third-order valence-corrected chi connectivity index (χ3v) is 7.93. The average molecular weight is 485 g/mol. The van der Waals surface area contributed by atoms with Crippen LogP contribution in [0.1, 0.15) is 0 Å². The molecule has 0 aliphatic carbocycles. The number of rotatable bonds is 3. The molecule has 0 bridgehead atoms. The van der Waals surface area contributed by atoms with Gasteiger partial charge in [-0.1, -0.05) is 84.9 Å². The van der Waals surface area contributed by atoms with E-state index in [-0.39, 0.29) is 0 Å². The SMILES string of the molecule is [O-][S+](c1ccccc1)c1cccc(-c2cc3c(c4ccccc24)Oc2c(ccc4ccccc24)O3)c1. The monoisotopic (exact) mass is 484 g/mol. The van der Waals surface area contributed by atoms with Crippen LogP contribution in [0.5, 0.6) is 23.0 Å². The zero-order valence-electron chi connectivity index (χ0n) is 19.2. The van der Waals surface area contributed by atoms with Crippen molar-refractivity contribution in [2.75, 3.05) is 0 Å². The first-order chi connectivity index (χ1) is 17.8. The number of hydrogen-bond acceptors (Lipinski definition) is 3. The minimum Gasteiger partial charge on any atom is -0.606 e. The number of fused-ring (bicyclic) bond motifs is 6. The van der Waals surface area contributed by atoms with Gasteiger partial charge < -0.3 is 14.0 Å². The molecule has 0 saturated heterocycles. The molecular formula is C32H20O3S. The van der Waals surface area contributed by atoms with Gasteiger partial charge in [-0.3, -0.25) is 0 Å². The highest BCUT2D eigenvalue weighted by Crippen LogP contribution is 2.53. The summed E-state index contributed by atoms with van der Waals surface area (Å²) >= 11 is -1.27. The number of benzene rings is 6. The lowest BCUT2D eigenvalue weighted by Crippen LogP contribution is -2.03. The summed E-state index contributed by atoms with van der Waals surface area (Å²) in [4.78, 5) is 1.54. The van der Waals surface area contributed by atoms with Crippen molar-refractivity contribution in [3.8, 4) is 34.1 Å². The van der Waals surface area contributed by atoms with Crippen LogP contribution in [-0.4, -0.2) is 4.55 Å². The first-order valence-corrected chi connectivity index (χ1v) is 12.9. The normalized spacial score (nSPS) is 12.9. The largest absolute Gasteiger partial charge is 0.606 e. The molecule has 6 aromatic carbocycles. The van der Waals surface area contributed by atoms with Crippen molar-refractivity contribution in [2.24, 2.45) is 0 Å². The van der Waals surface area contributed by atoms with Crippen molar-refractivity contribution in [2.45, 2.75) is 9.79 Å². The molecule has 0 amide bonds. The molecule has 0 saturated carbocycles. The first kappa shape index (κ1) is 21.1. The van der Waals surface area contributed by atoms with Gasteiger partial charge >= 0.3 is 0 Å². The predicted octanol–water partition coefficient (Wildman–Crippen LogP) is 8.72. The summed E-state index contributed by atoms with van der Waals surface area (Å²) in [6, 6.07) is 39.8. The van der Waals surface area contributed by atoms with Crippen LogP contribution in [-0.2, 0) is 11.2 Å². The van der Waals surface area contributed by atoms with Crippen LogP contribution in [0.2, 0.25) is 0 Å². The van der Waals surface area contributed by atoms with E-state index in [0.717, 1.165) is 48.2 Å². The van der Waals surface area contributed by atoms with Crippen LogP contribution >= 0.6 is 0 Å². The fourth-order valence-corrected chi connectivity index (χ4v) is 5.94. The summed E-state index contributed by atoms with van der Waals surface area (Å²) in [5, 5.41) is 4.14. The summed E-state index contributed by atoms with van der Waals surface area (Å²) in [7, 11) is 0. The minimum absolute atomic E-state index is 0.668. The van der Waals surface area contributed by atoms with Crippen molar-refractivity contribution in [1.29, 1.82) is 0 Å². The summed E-state index contributed by atoms with van der Waals surface area (Å²) in [5.41, 5.74) is 1.98. The summed E-state index contributed by atoms with van der Waals surface area (Å²) in [6.07, 6.45) is 0. The first-order valence-electron chi connectivity index (χ1n) is 11.8. The Morgan fingerprint density at radius 2 is 1.19 bits per heavy atom. The summed E-state index contributed by atoms with van der Waals surface area (Å²) < 4.78 is 26.2. The van der Waals surface area contributed by atoms with Gasteiger partial charge in [-0.15, -0.1) is 0 Å². The molecule has 6 aromatic rings. The number of hydrogen-bond donors (Lipinski definition) is 0. The maximum absolute atomic E-state index is 13.2. The third kappa shape index (κ3) is 3.42. The van der Waals surface area contributed by atoms with Gasteiger partial charge in [-0.25, -0.2) is 0 Å². The van der Waals surface area contributed by atoms with E-state index < -0.39 is 11.2 Å². The van der Waals surface area contributed by atoms with Gasteiger partial charge in [0.15, 0.2) is 32.8 Å². The van der Waals surface area contributed by atoms with Gasteiger partial charge in [0.05, 0.1) is 0 Å². The van der Waals surface area contributed by atoms with Crippen LogP contribution in [0.3, 0.4) is 0 Å². The van der Waals surface area contributed by atoms with Crippen LogP contribution < -0.4 is 9.47 Å². The maximum atomic E-state index is 13.2. The molecule has 1 heterocycles. The Morgan fingerprint density at radius 3 is 2.06 bits per heavy atom. The molecule has 0 radical (unpaired) electrons. The Morgan fingerprint density at radius 1 is 0.500 bits per heavy atom. The Labute approximate surface area is 211 Å². The van der Waals surface area contributed by atoms with E-state index in [1.165, 1.54) is 0 Å². The number of ether oxygens (including phenoxy) is 2. The minimum atomic E-state index is -1.27. The van der Waals surface area contributed by atoms with E-state index in [4.69, 9.17) is 9.47 Å². The van der Waals surface area contributed by atoms with E-state index in [0.29, 0.717) is 17.2 Å². The molecule has 0 fully saturated rings. The van der Waals surface area contributed by atoms with Crippen molar-refractivity contribution in [3.63, 3.8) is 0 Å². The lowest BCUT2D eigenvalue weighted by Gasteiger charge is -2.24. The summed E-state index contributed by atoms with van der Waals surface area (Å²) in [5.74, 6) is 2.81. The molecule has 0 spiro atoms. The molecule has 4 heteroatoms. The molecule has 36 heavy (non-hydrogen) atoms. The molecule has 7 rings (SSSR count). The second-order valence-electron chi connectivity index (χ2n) is 8.72. The Balaban J connectivity index is 1.38. The van der Waals surface area contributed by atoms with Crippen molar-refractivity contribution in [3.05, 3.63) is 121 Å². The van der Waals surface area contributed by atoms with Crippen LogP contribution in [0.4, 0.5) is 0 Å². The molecule has 3 nitrogen and oxygen atoms in total. The maximum Gasteiger partial charge on any atom is 0.178 e. The Kier molecular flexibility index (Phi) is 4.95. The van der Waals surface area contributed by atoms with Crippen molar-refractivity contribution in [1.82, 2.24) is 0 Å². The van der Waals surface area contributed by atoms with Crippen LogP contribution in [0.15, 0.2) is 131 Å². The van der Waals surface area contributed by atoms with E-state index in [9.17, 15) is 4.55 Å². The molecule has 0 N–H and O–H groups in total. The van der Waals surface area contributed by atoms with Gasteiger partial charge in [0.25, 0.3) is 0 Å². The highest BCUT2D eigenvalue weighted by atomic mass is 32.2. The zero-order chi connectivity index (χ0) is 24.1. The second-order valence-corrected chi connectivity index (χ2v) is 10.2. The zero-order valence-corrected chi connectivity index (χ0v) is 20.0. The lowest BCUT2D eigenvalue weighted by molar-refractivity contribution is 0.367. The third-order valence-electron chi connectivity index (χ3n) is 6.54. The fourth-order valence-electron chi connectivity index (χ4n) is 4.83. The quantitative estimate of drug-likeness (QED) is 0.236. The van der Waals surface area contributed by atoms with Crippen molar-refractivity contribution < 1.29 is 14.0 Å². The van der Waals surface area contributed by atoms with E-state index >= 15 is 0 Å². The molecule has 172 valence electrons. The van der Waals surface area contributed by atoms with Gasteiger partial charge in [-0.05, 0) is 52.2 Å². The fraction of sp³-hybridized carbons (Fsp3) is 0. The van der Waals surface area contributed by atoms with E-state index in [1.54, 1.807) is 0 Å². The molecular weight excluding hydrogens is 464 g/mol. The van der Waals surface area contributed by atoms with E-state index in [1.807, 2.05) is 97.1 Å². The molecule has 1 atom stereocenters. The topological polar surface area (TPSA) is 41.5 Å². The van der Waals surface area contributed by atoms with Crippen molar-refractivity contribution >= 4 is 32.7 Å². The second kappa shape index (κ2) is 8.45. The predicted molar refractivity (Wildman–Crippen MR) is 145 cm³/mol. The van der Waals surface area contributed by atoms with E-state index in [2.05, 4.69) is 24.3 Å². The molecule has 0 aromatic heterocycles. The van der Waals surface area contributed by atoms with Gasteiger partial charge in [0.2, 0.25) is 0 Å². The lowest BCUT2D eigenvalue weighted by atomic mass is 9.96. The Bertz CT molecular complexity index is 1760. The Hall–Kier alpha value is -4.25. The smallest absolute Gasteiger partial charge is 0.178 e. The summed E-state index contributed by atoms with van der Waals surface area (Å²) in [6.45, 7) is 0. The highest BCUT2D eigenvalue weighted by Gasteiger charge is 2.25. The van der Waals surface area contributed by atoms with Gasteiger partial charge in [-0.2, -0.15) is 0 Å². The average Bonchev–Trinajstić information content (AvgIpc) is 2.96. The van der Waals surface area contributed by atoms with Gasteiger partial charge in [0.1, 0.15) is 0 Å². The highest BCUT2D eigenvalue weighted by molar-refractivity contribution is 7.91. The molecule has 1 aliphatic rings. The molecule has 1 unspecified atom stereocenters. The standard InChI is InChI=1S/C32H20O3S/c33-36(23-11-2-1-3-12-23)24-13-8-10-22(19-24)28-20-30-32(27-16-7-6-15-26(27)28)35-31-25-14-5-4-9-21(25)17-18-29(31)34-30/h1-20H. The van der Waals surface area contributed by atoms with Crippen LogP contribution in [0.25, 0.3) is 32.7 Å².